The largest absolute Gasteiger partial charge is 0.460 e. The highest BCUT2D eigenvalue weighted by molar-refractivity contribution is 8.00. The summed E-state index contributed by atoms with van der Waals surface area (Å²) in [6, 6.07) is 19.3. The van der Waals surface area contributed by atoms with Crippen molar-refractivity contribution in [2.24, 2.45) is 0 Å². The van der Waals surface area contributed by atoms with Crippen molar-refractivity contribution in [3.8, 4) is 11.1 Å². The summed E-state index contributed by atoms with van der Waals surface area (Å²) < 4.78 is 5.36. The van der Waals surface area contributed by atoms with Crippen LogP contribution >= 0.6 is 23.1 Å². The van der Waals surface area contributed by atoms with Crippen molar-refractivity contribution in [2.75, 3.05) is 0 Å². The Morgan fingerprint density at radius 2 is 1.83 bits per heavy atom. The SMILES string of the molecule is CC(Sc1nc2scc(-c3ccccc3)c2c(=O)[nH]1)C(=O)OCc1ccccc1. The fourth-order valence-corrected chi connectivity index (χ4v) is 4.68. The van der Waals surface area contributed by atoms with E-state index in [4.69, 9.17) is 4.74 Å². The number of hydrogen-bond acceptors (Lipinski definition) is 6. The second-order valence-corrected chi connectivity index (χ2v) is 8.61. The molecule has 1 unspecified atom stereocenters. The van der Waals surface area contributed by atoms with Gasteiger partial charge in [0.1, 0.15) is 16.7 Å². The van der Waals surface area contributed by atoms with Crippen molar-refractivity contribution >= 4 is 39.3 Å². The number of H-pyrrole nitrogens is 1. The molecule has 0 amide bonds. The fraction of sp³-hybridized carbons (Fsp3) is 0.136. The molecule has 0 aliphatic carbocycles. The first kappa shape index (κ1) is 19.4. The van der Waals surface area contributed by atoms with E-state index in [0.717, 1.165) is 16.7 Å². The van der Waals surface area contributed by atoms with Gasteiger partial charge < -0.3 is 9.72 Å². The molecule has 146 valence electrons. The molecule has 5 nitrogen and oxygen atoms in total. The lowest BCUT2D eigenvalue weighted by Gasteiger charge is -2.10. The number of aromatic amines is 1. The number of thioether (sulfide) groups is 1. The van der Waals surface area contributed by atoms with Gasteiger partial charge >= 0.3 is 5.97 Å². The summed E-state index contributed by atoms with van der Waals surface area (Å²) in [5, 5.41) is 2.43. The van der Waals surface area contributed by atoms with Crippen molar-refractivity contribution in [3.63, 3.8) is 0 Å². The Morgan fingerprint density at radius 3 is 2.55 bits per heavy atom. The maximum atomic E-state index is 12.7. The third-order valence-corrected chi connectivity index (χ3v) is 6.19. The van der Waals surface area contributed by atoms with E-state index in [1.54, 1.807) is 6.92 Å². The number of rotatable bonds is 6. The molecule has 0 bridgehead atoms. The maximum absolute atomic E-state index is 12.7. The van der Waals surface area contributed by atoms with Crippen LogP contribution in [-0.2, 0) is 16.1 Å². The smallest absolute Gasteiger partial charge is 0.319 e. The Hall–Kier alpha value is -2.90. The number of esters is 1. The Kier molecular flexibility index (Phi) is 5.78. The molecule has 1 N–H and O–H groups in total. The zero-order valence-corrected chi connectivity index (χ0v) is 17.3. The van der Waals surface area contributed by atoms with Crippen LogP contribution in [-0.4, -0.2) is 21.2 Å². The van der Waals surface area contributed by atoms with Gasteiger partial charge in [-0.25, -0.2) is 4.98 Å². The van der Waals surface area contributed by atoms with Crippen LogP contribution in [0.15, 0.2) is 76.0 Å². The van der Waals surface area contributed by atoms with Gasteiger partial charge in [-0.3, -0.25) is 9.59 Å². The molecule has 4 rings (SSSR count). The molecule has 2 aromatic carbocycles. The average Bonchev–Trinajstić information content (AvgIpc) is 3.18. The zero-order chi connectivity index (χ0) is 20.2. The van der Waals surface area contributed by atoms with Crippen molar-refractivity contribution in [1.82, 2.24) is 9.97 Å². The minimum Gasteiger partial charge on any atom is -0.460 e. The quantitative estimate of drug-likeness (QED) is 0.272. The Balaban J connectivity index is 1.50. The molecule has 0 aliphatic heterocycles. The van der Waals surface area contributed by atoms with Gasteiger partial charge in [-0.05, 0) is 18.1 Å². The summed E-state index contributed by atoms with van der Waals surface area (Å²) in [6.45, 7) is 1.96. The Labute approximate surface area is 175 Å². The van der Waals surface area contributed by atoms with Gasteiger partial charge in [0.15, 0.2) is 5.16 Å². The highest BCUT2D eigenvalue weighted by Gasteiger charge is 2.19. The van der Waals surface area contributed by atoms with E-state index in [9.17, 15) is 9.59 Å². The Morgan fingerprint density at radius 1 is 1.14 bits per heavy atom. The van der Waals surface area contributed by atoms with Crippen molar-refractivity contribution < 1.29 is 9.53 Å². The molecule has 2 heterocycles. The molecule has 0 saturated heterocycles. The summed E-state index contributed by atoms with van der Waals surface area (Å²) in [7, 11) is 0. The molecule has 29 heavy (non-hydrogen) atoms. The number of benzene rings is 2. The molecule has 7 heteroatoms. The van der Waals surface area contributed by atoms with Gasteiger partial charge in [0.2, 0.25) is 0 Å². The molecular weight excluding hydrogens is 404 g/mol. The van der Waals surface area contributed by atoms with Crippen LogP contribution in [0.3, 0.4) is 0 Å². The van der Waals surface area contributed by atoms with Gasteiger partial charge in [-0.15, -0.1) is 11.3 Å². The van der Waals surface area contributed by atoms with Crippen molar-refractivity contribution in [3.05, 3.63) is 82.0 Å². The topological polar surface area (TPSA) is 72.0 Å². The van der Waals surface area contributed by atoms with Crippen molar-refractivity contribution in [1.29, 1.82) is 0 Å². The third-order valence-electron chi connectivity index (χ3n) is 4.35. The van der Waals surface area contributed by atoms with E-state index < -0.39 is 5.25 Å². The highest BCUT2D eigenvalue weighted by Crippen LogP contribution is 2.32. The van der Waals surface area contributed by atoms with Gasteiger partial charge in [0.25, 0.3) is 5.56 Å². The van der Waals surface area contributed by atoms with Crippen LogP contribution < -0.4 is 5.56 Å². The maximum Gasteiger partial charge on any atom is 0.319 e. The van der Waals surface area contributed by atoms with Gasteiger partial charge in [0, 0.05) is 10.9 Å². The predicted molar refractivity (Wildman–Crippen MR) is 117 cm³/mol. The number of thiophene rings is 1. The van der Waals surface area contributed by atoms with E-state index in [-0.39, 0.29) is 18.1 Å². The molecule has 1 atom stereocenters. The highest BCUT2D eigenvalue weighted by atomic mass is 32.2. The van der Waals surface area contributed by atoms with Crippen LogP contribution in [0.1, 0.15) is 12.5 Å². The lowest BCUT2D eigenvalue weighted by Crippen LogP contribution is -2.18. The predicted octanol–water partition coefficient (Wildman–Crippen LogP) is 4.88. The van der Waals surface area contributed by atoms with Gasteiger partial charge in [-0.1, -0.05) is 72.4 Å². The second-order valence-electron chi connectivity index (χ2n) is 6.42. The first-order chi connectivity index (χ1) is 14.1. The normalized spacial score (nSPS) is 12.0. The number of fused-ring (bicyclic) bond motifs is 1. The van der Waals surface area contributed by atoms with Crippen LogP contribution in [0.2, 0.25) is 0 Å². The summed E-state index contributed by atoms with van der Waals surface area (Å²) >= 11 is 2.61. The average molecular weight is 423 g/mol. The molecule has 2 aromatic heterocycles. The minimum absolute atomic E-state index is 0.206. The molecule has 0 fully saturated rings. The minimum atomic E-state index is -0.493. The lowest BCUT2D eigenvalue weighted by molar-refractivity contribution is -0.143. The number of ether oxygens (including phenoxy) is 1. The van der Waals surface area contributed by atoms with Crippen LogP contribution in [0.5, 0.6) is 0 Å². The third kappa shape index (κ3) is 4.41. The first-order valence-electron chi connectivity index (χ1n) is 9.06. The number of carbonyl (C=O) groups is 1. The fourth-order valence-electron chi connectivity index (χ4n) is 2.88. The van der Waals surface area contributed by atoms with Crippen molar-refractivity contribution in [2.45, 2.75) is 23.9 Å². The molecule has 0 radical (unpaired) electrons. The molecule has 0 aliphatic rings. The van der Waals surface area contributed by atoms with Crippen LogP contribution in [0, 0.1) is 0 Å². The molecule has 0 spiro atoms. The number of aromatic nitrogens is 2. The standard InChI is InChI=1S/C22H18N2O3S2/c1-14(21(26)27-12-15-8-4-2-5-9-15)29-22-23-19(25)18-17(13-28-20(18)24-22)16-10-6-3-7-11-16/h2-11,13-14H,12H2,1H3,(H,23,24,25). The van der Waals surface area contributed by atoms with Crippen LogP contribution in [0.4, 0.5) is 0 Å². The number of hydrogen-bond donors (Lipinski definition) is 1. The number of nitrogens with zero attached hydrogens (tertiary/aromatic N) is 1. The van der Waals surface area contributed by atoms with E-state index in [1.807, 2.05) is 66.0 Å². The molecule has 0 saturated carbocycles. The summed E-state index contributed by atoms with van der Waals surface area (Å²) in [6.07, 6.45) is 0. The summed E-state index contributed by atoms with van der Waals surface area (Å²) in [5.41, 5.74) is 2.57. The van der Waals surface area contributed by atoms with Gasteiger partial charge in [-0.2, -0.15) is 0 Å². The van der Waals surface area contributed by atoms with E-state index >= 15 is 0 Å². The van der Waals surface area contributed by atoms with Gasteiger partial charge in [0.05, 0.1) is 5.39 Å². The number of carbonyl (C=O) groups excluding carboxylic acids is 1. The van der Waals surface area contributed by atoms with Crippen LogP contribution in [0.25, 0.3) is 21.3 Å². The second kappa shape index (κ2) is 8.63. The zero-order valence-electron chi connectivity index (χ0n) is 15.6. The lowest BCUT2D eigenvalue weighted by atomic mass is 10.1. The molecular formula is C22H18N2O3S2. The molecule has 4 aromatic rings. The Bertz CT molecular complexity index is 1190. The van der Waals surface area contributed by atoms with E-state index in [2.05, 4.69) is 9.97 Å². The number of nitrogens with one attached hydrogen (secondary N) is 1. The van der Waals surface area contributed by atoms with E-state index in [1.165, 1.54) is 23.1 Å². The first-order valence-corrected chi connectivity index (χ1v) is 10.8. The van der Waals surface area contributed by atoms with E-state index in [0.29, 0.717) is 15.4 Å². The summed E-state index contributed by atoms with van der Waals surface area (Å²) in [5.74, 6) is -0.349. The summed E-state index contributed by atoms with van der Waals surface area (Å²) in [4.78, 5) is 33.0. The monoisotopic (exact) mass is 422 g/mol.